The van der Waals surface area contributed by atoms with E-state index in [0.717, 1.165) is 6.07 Å². The second-order valence-electron chi connectivity index (χ2n) is 2.31. The zero-order valence-electron chi connectivity index (χ0n) is 6.80. The van der Waals surface area contributed by atoms with Crippen molar-refractivity contribution in [3.8, 4) is 5.75 Å². The molecule has 0 amide bonds. The SMILES string of the molecule is CC(=O)Oc1ccc(F)nc1C. The third kappa shape index (κ3) is 2.02. The molecule has 1 aromatic rings. The third-order valence-electron chi connectivity index (χ3n) is 1.26. The van der Waals surface area contributed by atoms with E-state index in [-0.39, 0.29) is 0 Å². The van der Waals surface area contributed by atoms with Crippen molar-refractivity contribution in [2.24, 2.45) is 0 Å². The standard InChI is InChI=1S/C8H8FNO2/c1-5-7(12-6(2)11)3-4-8(9)10-5/h3-4H,1-2H3. The first-order chi connectivity index (χ1) is 5.59. The molecule has 0 saturated heterocycles. The number of pyridine rings is 1. The number of hydrogen-bond donors (Lipinski definition) is 0. The Balaban J connectivity index is 2.93. The molecule has 1 heterocycles. The van der Waals surface area contributed by atoms with Crippen molar-refractivity contribution in [3.05, 3.63) is 23.8 Å². The van der Waals surface area contributed by atoms with Crippen LogP contribution < -0.4 is 4.74 Å². The summed E-state index contributed by atoms with van der Waals surface area (Å²) in [6.07, 6.45) is 0. The molecule has 0 unspecified atom stereocenters. The van der Waals surface area contributed by atoms with Gasteiger partial charge in [-0.2, -0.15) is 4.39 Å². The zero-order chi connectivity index (χ0) is 9.14. The Morgan fingerprint density at radius 2 is 2.25 bits per heavy atom. The summed E-state index contributed by atoms with van der Waals surface area (Å²) in [7, 11) is 0. The molecule has 0 aromatic carbocycles. The van der Waals surface area contributed by atoms with Crippen LogP contribution >= 0.6 is 0 Å². The summed E-state index contributed by atoms with van der Waals surface area (Å²) in [5, 5.41) is 0. The van der Waals surface area contributed by atoms with Gasteiger partial charge in [-0.15, -0.1) is 0 Å². The lowest BCUT2D eigenvalue weighted by molar-refractivity contribution is -0.131. The number of halogens is 1. The number of carbonyl (C=O) groups is 1. The highest BCUT2D eigenvalue weighted by Crippen LogP contribution is 2.14. The number of hydrogen-bond acceptors (Lipinski definition) is 3. The second kappa shape index (κ2) is 3.30. The van der Waals surface area contributed by atoms with E-state index in [1.54, 1.807) is 6.92 Å². The van der Waals surface area contributed by atoms with E-state index < -0.39 is 11.9 Å². The number of carbonyl (C=O) groups excluding carboxylic acids is 1. The van der Waals surface area contributed by atoms with Gasteiger partial charge in [-0.1, -0.05) is 0 Å². The Morgan fingerprint density at radius 1 is 1.58 bits per heavy atom. The molecular formula is C8H8FNO2. The fraction of sp³-hybridized carbons (Fsp3) is 0.250. The van der Waals surface area contributed by atoms with Gasteiger partial charge in [-0.3, -0.25) is 4.79 Å². The first-order valence-corrected chi connectivity index (χ1v) is 3.41. The molecule has 3 nitrogen and oxygen atoms in total. The van der Waals surface area contributed by atoms with Crippen LogP contribution in [-0.2, 0) is 4.79 Å². The Bertz CT molecular complexity index is 312. The minimum absolute atomic E-state index is 0.295. The average molecular weight is 169 g/mol. The molecule has 0 saturated carbocycles. The lowest BCUT2D eigenvalue weighted by Gasteiger charge is -2.02. The van der Waals surface area contributed by atoms with Gasteiger partial charge in [0.2, 0.25) is 5.95 Å². The van der Waals surface area contributed by atoms with Gasteiger partial charge in [0.1, 0.15) is 0 Å². The van der Waals surface area contributed by atoms with Gasteiger partial charge in [-0.05, 0) is 19.1 Å². The van der Waals surface area contributed by atoms with Gasteiger partial charge in [0.05, 0.1) is 5.69 Å². The molecule has 0 aliphatic heterocycles. The lowest BCUT2D eigenvalue weighted by atomic mass is 10.3. The topological polar surface area (TPSA) is 39.2 Å². The summed E-state index contributed by atoms with van der Waals surface area (Å²) < 4.78 is 17.2. The molecule has 0 atom stereocenters. The van der Waals surface area contributed by atoms with E-state index >= 15 is 0 Å². The molecule has 0 N–H and O–H groups in total. The van der Waals surface area contributed by atoms with Gasteiger partial charge in [0, 0.05) is 6.92 Å². The molecule has 4 heteroatoms. The van der Waals surface area contributed by atoms with Crippen molar-refractivity contribution < 1.29 is 13.9 Å². The highest BCUT2D eigenvalue weighted by Gasteiger charge is 2.03. The van der Waals surface area contributed by atoms with E-state index in [1.165, 1.54) is 13.0 Å². The minimum Gasteiger partial charge on any atom is -0.425 e. The summed E-state index contributed by atoms with van der Waals surface area (Å²) in [6, 6.07) is 2.52. The highest BCUT2D eigenvalue weighted by molar-refractivity contribution is 5.69. The van der Waals surface area contributed by atoms with E-state index in [1.807, 2.05) is 0 Å². The maximum atomic E-state index is 12.4. The van der Waals surface area contributed by atoms with Crippen molar-refractivity contribution in [1.82, 2.24) is 4.98 Å². The third-order valence-corrected chi connectivity index (χ3v) is 1.26. The first-order valence-electron chi connectivity index (χ1n) is 3.41. The van der Waals surface area contributed by atoms with E-state index in [9.17, 15) is 9.18 Å². The molecule has 0 aliphatic carbocycles. The van der Waals surface area contributed by atoms with Crippen LogP contribution in [0.25, 0.3) is 0 Å². The molecule has 0 radical (unpaired) electrons. The summed E-state index contributed by atoms with van der Waals surface area (Å²) in [5.74, 6) is -0.723. The maximum Gasteiger partial charge on any atom is 0.308 e. The number of nitrogens with zero attached hydrogens (tertiary/aromatic N) is 1. The van der Waals surface area contributed by atoms with Gasteiger partial charge in [-0.25, -0.2) is 4.98 Å². The predicted octanol–water partition coefficient (Wildman–Crippen LogP) is 1.45. The molecule has 0 spiro atoms. The van der Waals surface area contributed by atoms with Crippen molar-refractivity contribution in [3.63, 3.8) is 0 Å². The number of ether oxygens (including phenoxy) is 1. The normalized spacial score (nSPS) is 9.58. The summed E-state index contributed by atoms with van der Waals surface area (Å²) in [4.78, 5) is 14.0. The van der Waals surface area contributed by atoms with Crippen LogP contribution in [-0.4, -0.2) is 11.0 Å². The van der Waals surface area contributed by atoms with Crippen molar-refractivity contribution >= 4 is 5.97 Å². The molecule has 0 fully saturated rings. The second-order valence-corrected chi connectivity index (χ2v) is 2.31. The average Bonchev–Trinajstić information content (AvgIpc) is 1.94. The Morgan fingerprint density at radius 3 is 2.75 bits per heavy atom. The largest absolute Gasteiger partial charge is 0.425 e. The van der Waals surface area contributed by atoms with E-state index in [4.69, 9.17) is 4.74 Å². The van der Waals surface area contributed by atoms with Crippen molar-refractivity contribution in [2.75, 3.05) is 0 Å². The van der Waals surface area contributed by atoms with Crippen molar-refractivity contribution in [1.29, 1.82) is 0 Å². The first kappa shape index (κ1) is 8.64. The Kier molecular flexibility index (Phi) is 2.38. The van der Waals surface area contributed by atoms with Gasteiger partial charge >= 0.3 is 5.97 Å². The number of esters is 1. The molecule has 0 aliphatic rings. The van der Waals surface area contributed by atoms with Crippen LogP contribution in [0.15, 0.2) is 12.1 Å². The van der Waals surface area contributed by atoms with Crippen molar-refractivity contribution in [2.45, 2.75) is 13.8 Å². The summed E-state index contributed by atoms with van der Waals surface area (Å²) >= 11 is 0. The van der Waals surface area contributed by atoms with E-state index in [2.05, 4.69) is 4.98 Å². The molecular weight excluding hydrogens is 161 g/mol. The quantitative estimate of drug-likeness (QED) is 0.472. The number of aryl methyl sites for hydroxylation is 1. The van der Waals surface area contributed by atoms with Crippen LogP contribution in [0.1, 0.15) is 12.6 Å². The highest BCUT2D eigenvalue weighted by atomic mass is 19.1. The maximum absolute atomic E-state index is 12.4. The molecule has 64 valence electrons. The summed E-state index contributed by atoms with van der Waals surface area (Å²) in [5.41, 5.74) is 0.366. The van der Waals surface area contributed by atoms with Crippen LogP contribution in [0.5, 0.6) is 5.75 Å². The fourth-order valence-electron chi connectivity index (χ4n) is 0.780. The van der Waals surface area contributed by atoms with Gasteiger partial charge in [0.15, 0.2) is 5.75 Å². The monoisotopic (exact) mass is 169 g/mol. The predicted molar refractivity (Wildman–Crippen MR) is 40.2 cm³/mol. The molecule has 0 bridgehead atoms. The Labute approximate surface area is 69.2 Å². The molecule has 1 aromatic heterocycles. The van der Waals surface area contributed by atoms with Gasteiger partial charge < -0.3 is 4.74 Å². The Hall–Kier alpha value is -1.45. The number of rotatable bonds is 1. The number of aromatic nitrogens is 1. The van der Waals surface area contributed by atoms with Crippen LogP contribution in [0, 0.1) is 12.9 Å². The molecule has 12 heavy (non-hydrogen) atoms. The van der Waals surface area contributed by atoms with E-state index in [0.29, 0.717) is 11.4 Å². The smallest absolute Gasteiger partial charge is 0.308 e. The zero-order valence-corrected chi connectivity index (χ0v) is 6.80. The lowest BCUT2D eigenvalue weighted by Crippen LogP contribution is -2.04. The fourth-order valence-corrected chi connectivity index (χ4v) is 0.780. The minimum atomic E-state index is -0.580. The van der Waals surface area contributed by atoms with Gasteiger partial charge in [0.25, 0.3) is 0 Å². The van der Waals surface area contributed by atoms with Crippen LogP contribution in [0.2, 0.25) is 0 Å². The summed E-state index contributed by atoms with van der Waals surface area (Å²) in [6.45, 7) is 2.85. The van der Waals surface area contributed by atoms with Crippen LogP contribution in [0.4, 0.5) is 4.39 Å². The molecule has 1 rings (SSSR count). The van der Waals surface area contributed by atoms with Crippen LogP contribution in [0.3, 0.4) is 0 Å².